The zero-order valence-electron chi connectivity index (χ0n) is 13.6. The molecule has 5 rings (SSSR count). The van der Waals surface area contributed by atoms with Crippen molar-refractivity contribution in [2.24, 2.45) is 5.92 Å². The first-order valence-electron chi connectivity index (χ1n) is 8.63. The Morgan fingerprint density at radius 1 is 1.20 bits per heavy atom. The summed E-state index contributed by atoms with van der Waals surface area (Å²) < 4.78 is 7.75. The van der Waals surface area contributed by atoms with Gasteiger partial charge in [-0.1, -0.05) is 6.07 Å². The van der Waals surface area contributed by atoms with Crippen molar-refractivity contribution in [3.05, 3.63) is 48.9 Å². The summed E-state index contributed by atoms with van der Waals surface area (Å²) in [6.45, 7) is 0. The first-order chi connectivity index (χ1) is 12.3. The number of carbonyl (C=O) groups is 1. The average Bonchev–Trinajstić information content (AvgIpc) is 3.37. The Bertz CT molecular complexity index is 937. The van der Waals surface area contributed by atoms with E-state index in [0.717, 1.165) is 36.2 Å². The van der Waals surface area contributed by atoms with E-state index in [1.54, 1.807) is 12.4 Å². The molecule has 0 aromatic carbocycles. The summed E-state index contributed by atoms with van der Waals surface area (Å²) in [5, 5.41) is 3.12. The molecule has 0 spiro atoms. The lowest BCUT2D eigenvalue weighted by atomic mass is 9.88. The summed E-state index contributed by atoms with van der Waals surface area (Å²) in [5.74, 6) is 0.654. The zero-order valence-corrected chi connectivity index (χ0v) is 13.6. The van der Waals surface area contributed by atoms with Crippen LogP contribution in [0.5, 0.6) is 0 Å². The SMILES string of the molecule is O=C(Nc1c(-c2ccncc2)nc2ccccn12)[C@@H]1C[C@H]2CC[C@H]1O2. The molecule has 6 heteroatoms. The number of anilines is 1. The fourth-order valence-corrected chi connectivity index (χ4v) is 3.95. The van der Waals surface area contributed by atoms with Gasteiger partial charge >= 0.3 is 0 Å². The third kappa shape index (κ3) is 2.41. The molecule has 2 saturated heterocycles. The molecule has 126 valence electrons. The van der Waals surface area contributed by atoms with Crippen LogP contribution in [-0.4, -0.2) is 32.5 Å². The third-order valence-corrected chi connectivity index (χ3v) is 5.17. The van der Waals surface area contributed by atoms with Crippen LogP contribution in [0.1, 0.15) is 19.3 Å². The number of amides is 1. The molecule has 25 heavy (non-hydrogen) atoms. The van der Waals surface area contributed by atoms with Crippen LogP contribution in [0.4, 0.5) is 5.82 Å². The second-order valence-electron chi connectivity index (χ2n) is 6.68. The average molecular weight is 334 g/mol. The standard InChI is InChI=1S/C19H18N4O2/c24-19(14-11-13-4-5-15(14)25-13)22-18-17(12-6-8-20-9-7-12)21-16-3-1-2-10-23(16)18/h1-3,6-10,13-15H,4-5,11H2,(H,22,24)/t13-,14-,15-/m1/s1. The molecule has 3 aromatic rings. The van der Waals surface area contributed by atoms with Gasteiger partial charge in [-0.25, -0.2) is 4.98 Å². The molecule has 0 saturated carbocycles. The second kappa shape index (κ2) is 5.67. The minimum absolute atomic E-state index is 0.0214. The number of carbonyl (C=O) groups excluding carboxylic acids is 1. The highest BCUT2D eigenvalue weighted by molar-refractivity contribution is 5.96. The van der Waals surface area contributed by atoms with Crippen molar-refractivity contribution in [2.75, 3.05) is 5.32 Å². The highest BCUT2D eigenvalue weighted by Gasteiger charge is 2.44. The Morgan fingerprint density at radius 2 is 2.08 bits per heavy atom. The second-order valence-corrected chi connectivity index (χ2v) is 6.68. The van der Waals surface area contributed by atoms with Gasteiger partial charge in [0.05, 0.1) is 18.1 Å². The Kier molecular flexibility index (Phi) is 3.31. The number of pyridine rings is 2. The van der Waals surface area contributed by atoms with E-state index in [4.69, 9.17) is 9.72 Å². The predicted octanol–water partition coefficient (Wildman–Crippen LogP) is 2.90. The zero-order chi connectivity index (χ0) is 16.8. The van der Waals surface area contributed by atoms with Crippen LogP contribution < -0.4 is 5.32 Å². The Hall–Kier alpha value is -2.73. The first-order valence-corrected chi connectivity index (χ1v) is 8.63. The van der Waals surface area contributed by atoms with Gasteiger partial charge in [0.15, 0.2) is 0 Å². The molecule has 0 radical (unpaired) electrons. The molecule has 2 aliphatic rings. The summed E-state index contributed by atoms with van der Waals surface area (Å²) in [6, 6.07) is 9.60. The van der Waals surface area contributed by atoms with E-state index in [1.807, 2.05) is 40.9 Å². The van der Waals surface area contributed by atoms with Crippen LogP contribution in [0.3, 0.4) is 0 Å². The van der Waals surface area contributed by atoms with E-state index in [9.17, 15) is 4.79 Å². The maximum Gasteiger partial charge on any atom is 0.231 e. The molecular formula is C19H18N4O2. The molecule has 1 N–H and O–H groups in total. The Labute approximate surface area is 144 Å². The van der Waals surface area contributed by atoms with Crippen molar-refractivity contribution in [1.29, 1.82) is 0 Å². The van der Waals surface area contributed by atoms with Crippen LogP contribution in [0.2, 0.25) is 0 Å². The number of rotatable bonds is 3. The molecule has 1 amide bonds. The smallest absolute Gasteiger partial charge is 0.231 e. The molecule has 3 atom stereocenters. The van der Waals surface area contributed by atoms with E-state index in [2.05, 4.69) is 10.3 Å². The van der Waals surface area contributed by atoms with Gasteiger partial charge in [0.1, 0.15) is 17.2 Å². The summed E-state index contributed by atoms with van der Waals surface area (Å²) >= 11 is 0. The fourth-order valence-electron chi connectivity index (χ4n) is 3.95. The maximum absolute atomic E-state index is 12.9. The van der Waals surface area contributed by atoms with Gasteiger partial charge < -0.3 is 10.1 Å². The molecule has 3 aromatic heterocycles. The van der Waals surface area contributed by atoms with E-state index in [1.165, 1.54) is 0 Å². The number of fused-ring (bicyclic) bond motifs is 3. The largest absolute Gasteiger partial charge is 0.374 e. The molecule has 6 nitrogen and oxygen atoms in total. The van der Waals surface area contributed by atoms with Crippen molar-refractivity contribution < 1.29 is 9.53 Å². The molecular weight excluding hydrogens is 316 g/mol. The molecule has 2 bridgehead atoms. The lowest BCUT2D eigenvalue weighted by Crippen LogP contribution is -2.31. The number of hydrogen-bond acceptors (Lipinski definition) is 4. The minimum Gasteiger partial charge on any atom is -0.374 e. The fraction of sp³-hybridized carbons (Fsp3) is 0.316. The highest BCUT2D eigenvalue weighted by Crippen LogP contribution is 2.39. The van der Waals surface area contributed by atoms with E-state index in [-0.39, 0.29) is 24.0 Å². The third-order valence-electron chi connectivity index (χ3n) is 5.17. The van der Waals surface area contributed by atoms with Gasteiger partial charge in [0.2, 0.25) is 5.91 Å². The van der Waals surface area contributed by atoms with Crippen LogP contribution in [0.25, 0.3) is 16.9 Å². The van der Waals surface area contributed by atoms with Crippen molar-refractivity contribution in [3.8, 4) is 11.3 Å². The van der Waals surface area contributed by atoms with Crippen LogP contribution in [0, 0.1) is 5.92 Å². The van der Waals surface area contributed by atoms with Gasteiger partial charge in [-0.2, -0.15) is 0 Å². The summed E-state index contributed by atoms with van der Waals surface area (Å²) in [5.41, 5.74) is 2.48. The van der Waals surface area contributed by atoms with Crippen molar-refractivity contribution in [2.45, 2.75) is 31.5 Å². The lowest BCUT2D eigenvalue weighted by molar-refractivity contribution is -0.121. The van der Waals surface area contributed by atoms with Crippen LogP contribution in [0.15, 0.2) is 48.9 Å². The quantitative estimate of drug-likeness (QED) is 0.800. The Morgan fingerprint density at radius 3 is 2.84 bits per heavy atom. The molecule has 2 fully saturated rings. The van der Waals surface area contributed by atoms with Crippen LogP contribution >= 0.6 is 0 Å². The first kappa shape index (κ1) is 14.6. The predicted molar refractivity (Wildman–Crippen MR) is 93.1 cm³/mol. The normalized spacial score (nSPS) is 24.7. The van der Waals surface area contributed by atoms with Gasteiger partial charge in [0, 0.05) is 24.2 Å². The maximum atomic E-state index is 12.9. The Balaban J connectivity index is 1.54. The number of aromatic nitrogens is 3. The molecule has 2 aliphatic heterocycles. The number of nitrogens with zero attached hydrogens (tertiary/aromatic N) is 3. The summed E-state index contributed by atoms with van der Waals surface area (Å²) in [6.07, 6.45) is 8.57. The van der Waals surface area contributed by atoms with E-state index in [0.29, 0.717) is 5.82 Å². The topological polar surface area (TPSA) is 68.5 Å². The van der Waals surface area contributed by atoms with Gasteiger partial charge in [-0.15, -0.1) is 0 Å². The van der Waals surface area contributed by atoms with Crippen molar-refractivity contribution in [3.63, 3.8) is 0 Å². The minimum atomic E-state index is -0.0710. The molecule has 5 heterocycles. The highest BCUT2D eigenvalue weighted by atomic mass is 16.5. The monoisotopic (exact) mass is 334 g/mol. The number of imidazole rings is 1. The van der Waals surface area contributed by atoms with Crippen LogP contribution in [-0.2, 0) is 9.53 Å². The summed E-state index contributed by atoms with van der Waals surface area (Å²) in [4.78, 5) is 21.7. The molecule has 0 aliphatic carbocycles. The molecule has 0 unspecified atom stereocenters. The summed E-state index contributed by atoms with van der Waals surface area (Å²) in [7, 11) is 0. The van der Waals surface area contributed by atoms with Gasteiger partial charge in [-0.05, 0) is 43.5 Å². The lowest BCUT2D eigenvalue weighted by Gasteiger charge is -2.18. The van der Waals surface area contributed by atoms with Gasteiger partial charge in [-0.3, -0.25) is 14.2 Å². The number of nitrogens with one attached hydrogen (secondary N) is 1. The van der Waals surface area contributed by atoms with Gasteiger partial charge in [0.25, 0.3) is 0 Å². The number of ether oxygens (including phenoxy) is 1. The van der Waals surface area contributed by atoms with E-state index < -0.39 is 0 Å². The van der Waals surface area contributed by atoms with Crippen molar-refractivity contribution >= 4 is 17.4 Å². The van der Waals surface area contributed by atoms with E-state index >= 15 is 0 Å². The van der Waals surface area contributed by atoms with Crippen molar-refractivity contribution in [1.82, 2.24) is 14.4 Å². The number of hydrogen-bond donors (Lipinski definition) is 1.